The van der Waals surface area contributed by atoms with Gasteiger partial charge >= 0.3 is 5.76 Å². The van der Waals surface area contributed by atoms with E-state index in [2.05, 4.69) is 0 Å². The fourth-order valence-corrected chi connectivity index (χ4v) is 2.85. The summed E-state index contributed by atoms with van der Waals surface area (Å²) in [7, 11) is 1.64. The normalized spacial score (nSPS) is 11.1. The highest BCUT2D eigenvalue weighted by Crippen LogP contribution is 2.21. The van der Waals surface area contributed by atoms with Gasteiger partial charge in [0.2, 0.25) is 0 Å². The van der Waals surface area contributed by atoms with Crippen molar-refractivity contribution in [1.29, 1.82) is 0 Å². The molecule has 96 valence electrons. The largest absolute Gasteiger partial charge is 0.419 e. The number of nitrogens with zero attached hydrogens (tertiary/aromatic N) is 1. The number of aryl methyl sites for hydroxylation is 2. The highest BCUT2D eigenvalue weighted by atomic mass is 32.1. The maximum absolute atomic E-state index is 12.3. The molecule has 0 N–H and O–H groups in total. The number of ketones is 1. The van der Waals surface area contributed by atoms with Crippen molar-refractivity contribution in [2.45, 2.75) is 6.92 Å². The summed E-state index contributed by atoms with van der Waals surface area (Å²) >= 11 is 1.50. The minimum Gasteiger partial charge on any atom is -0.408 e. The Morgan fingerprint density at radius 3 is 2.79 bits per heavy atom. The molecular formula is C14H11NO3S. The van der Waals surface area contributed by atoms with E-state index in [0.717, 1.165) is 5.56 Å². The van der Waals surface area contributed by atoms with E-state index in [9.17, 15) is 9.59 Å². The number of oxazole rings is 1. The molecular weight excluding hydrogens is 262 g/mol. The van der Waals surface area contributed by atoms with Gasteiger partial charge in [-0.25, -0.2) is 4.79 Å². The van der Waals surface area contributed by atoms with Gasteiger partial charge in [-0.1, -0.05) is 0 Å². The van der Waals surface area contributed by atoms with Crippen molar-refractivity contribution in [2.24, 2.45) is 7.05 Å². The Hall–Kier alpha value is -2.14. The average Bonchev–Trinajstić information content (AvgIpc) is 2.93. The third-order valence-electron chi connectivity index (χ3n) is 3.15. The van der Waals surface area contributed by atoms with Crippen LogP contribution < -0.4 is 5.76 Å². The molecule has 0 aliphatic rings. The second kappa shape index (κ2) is 4.20. The van der Waals surface area contributed by atoms with E-state index in [1.165, 1.54) is 15.9 Å². The molecule has 5 heteroatoms. The second-order valence-corrected chi connectivity index (χ2v) is 5.15. The topological polar surface area (TPSA) is 52.2 Å². The Kier molecular flexibility index (Phi) is 2.64. The number of benzene rings is 1. The van der Waals surface area contributed by atoms with E-state index < -0.39 is 5.76 Å². The SMILES string of the molecule is Cc1cscc1C(=O)c1ccc2c(c1)oc(=O)n2C. The predicted octanol–water partition coefficient (Wildman–Crippen LogP) is 2.73. The summed E-state index contributed by atoms with van der Waals surface area (Å²) in [5.41, 5.74) is 3.31. The molecule has 0 atom stereocenters. The van der Waals surface area contributed by atoms with Crippen LogP contribution in [0.15, 0.2) is 38.2 Å². The molecule has 0 radical (unpaired) electrons. The van der Waals surface area contributed by atoms with Crippen LogP contribution in [0.25, 0.3) is 11.1 Å². The zero-order valence-electron chi connectivity index (χ0n) is 10.5. The molecule has 19 heavy (non-hydrogen) atoms. The number of aromatic nitrogens is 1. The summed E-state index contributed by atoms with van der Waals surface area (Å²) in [5, 5.41) is 3.78. The van der Waals surface area contributed by atoms with Crippen molar-refractivity contribution in [1.82, 2.24) is 4.57 Å². The highest BCUT2D eigenvalue weighted by Gasteiger charge is 2.15. The molecule has 2 heterocycles. The second-order valence-electron chi connectivity index (χ2n) is 4.41. The van der Waals surface area contributed by atoms with E-state index >= 15 is 0 Å². The van der Waals surface area contributed by atoms with Crippen LogP contribution in [-0.2, 0) is 7.05 Å². The predicted molar refractivity (Wildman–Crippen MR) is 73.9 cm³/mol. The first kappa shape index (κ1) is 11.9. The minimum atomic E-state index is -0.425. The van der Waals surface area contributed by atoms with Gasteiger partial charge in [0.15, 0.2) is 11.4 Å². The molecule has 0 fully saturated rings. The monoisotopic (exact) mass is 273 g/mol. The average molecular weight is 273 g/mol. The lowest BCUT2D eigenvalue weighted by atomic mass is 10.0. The zero-order valence-corrected chi connectivity index (χ0v) is 11.3. The van der Waals surface area contributed by atoms with E-state index in [1.54, 1.807) is 25.2 Å². The summed E-state index contributed by atoms with van der Waals surface area (Å²) in [6, 6.07) is 5.07. The zero-order chi connectivity index (χ0) is 13.6. The molecule has 0 bridgehead atoms. The molecule has 0 aliphatic carbocycles. The number of carbonyl (C=O) groups is 1. The number of thiophene rings is 1. The van der Waals surface area contributed by atoms with Gasteiger partial charge in [0, 0.05) is 23.6 Å². The Morgan fingerprint density at radius 1 is 1.32 bits per heavy atom. The third-order valence-corrected chi connectivity index (χ3v) is 4.02. The maximum Gasteiger partial charge on any atom is 0.419 e. The number of hydrogen-bond acceptors (Lipinski definition) is 4. The summed E-state index contributed by atoms with van der Waals surface area (Å²) in [6.07, 6.45) is 0. The Labute approximate surface area is 112 Å². The summed E-state index contributed by atoms with van der Waals surface area (Å²) < 4.78 is 6.51. The minimum absolute atomic E-state index is 0.0489. The molecule has 4 nitrogen and oxygen atoms in total. The summed E-state index contributed by atoms with van der Waals surface area (Å²) in [6.45, 7) is 1.91. The van der Waals surface area contributed by atoms with E-state index in [4.69, 9.17) is 4.42 Å². The van der Waals surface area contributed by atoms with Gasteiger partial charge in [0.1, 0.15) is 0 Å². The molecule has 0 aliphatic heterocycles. The lowest BCUT2D eigenvalue weighted by molar-refractivity contribution is 0.103. The molecule has 0 saturated heterocycles. The van der Waals surface area contributed by atoms with Gasteiger partial charge in [-0.2, -0.15) is 11.3 Å². The lowest BCUT2D eigenvalue weighted by Gasteiger charge is -2.00. The molecule has 0 spiro atoms. The molecule has 0 amide bonds. The number of carbonyl (C=O) groups excluding carboxylic acids is 1. The maximum atomic E-state index is 12.3. The van der Waals surface area contributed by atoms with Gasteiger partial charge < -0.3 is 4.42 Å². The molecule has 3 aromatic rings. The van der Waals surface area contributed by atoms with Crippen molar-refractivity contribution in [2.75, 3.05) is 0 Å². The highest BCUT2D eigenvalue weighted by molar-refractivity contribution is 7.08. The third kappa shape index (κ3) is 1.82. The van der Waals surface area contributed by atoms with Crippen molar-refractivity contribution < 1.29 is 9.21 Å². The van der Waals surface area contributed by atoms with E-state index in [1.807, 2.05) is 17.7 Å². The van der Waals surface area contributed by atoms with Crippen LogP contribution in [0, 0.1) is 6.92 Å². The standard InChI is InChI=1S/C14H11NO3S/c1-8-6-19-7-10(8)13(16)9-3-4-11-12(5-9)18-14(17)15(11)2/h3-7H,1-2H3. The van der Waals surface area contributed by atoms with Crippen LogP contribution in [0.4, 0.5) is 0 Å². The number of fused-ring (bicyclic) bond motifs is 1. The molecule has 2 aromatic heterocycles. The van der Waals surface area contributed by atoms with Crippen LogP contribution in [-0.4, -0.2) is 10.4 Å². The fraction of sp³-hybridized carbons (Fsp3) is 0.143. The molecule has 0 saturated carbocycles. The molecule has 3 rings (SSSR count). The fourth-order valence-electron chi connectivity index (χ4n) is 2.02. The smallest absolute Gasteiger partial charge is 0.408 e. The van der Waals surface area contributed by atoms with Crippen molar-refractivity contribution in [3.05, 3.63) is 56.2 Å². The summed E-state index contributed by atoms with van der Waals surface area (Å²) in [4.78, 5) is 23.8. The van der Waals surface area contributed by atoms with Crippen molar-refractivity contribution >= 4 is 28.2 Å². The van der Waals surface area contributed by atoms with Crippen molar-refractivity contribution in [3.63, 3.8) is 0 Å². The summed E-state index contributed by atoms with van der Waals surface area (Å²) in [5.74, 6) is -0.474. The van der Waals surface area contributed by atoms with Gasteiger partial charge in [-0.15, -0.1) is 0 Å². The quantitative estimate of drug-likeness (QED) is 0.675. The Bertz CT molecular complexity index is 838. The van der Waals surface area contributed by atoms with Crippen molar-refractivity contribution in [3.8, 4) is 0 Å². The van der Waals surface area contributed by atoms with Crippen LogP contribution in [0.2, 0.25) is 0 Å². The van der Waals surface area contributed by atoms with Crippen LogP contribution >= 0.6 is 11.3 Å². The van der Waals surface area contributed by atoms with Gasteiger partial charge in [0.25, 0.3) is 0 Å². The molecule has 1 aromatic carbocycles. The van der Waals surface area contributed by atoms with E-state index in [0.29, 0.717) is 22.2 Å². The van der Waals surface area contributed by atoms with Gasteiger partial charge in [-0.3, -0.25) is 9.36 Å². The van der Waals surface area contributed by atoms with Gasteiger partial charge in [-0.05, 0) is 36.1 Å². The first-order chi connectivity index (χ1) is 9.08. The van der Waals surface area contributed by atoms with Gasteiger partial charge in [0.05, 0.1) is 5.52 Å². The Morgan fingerprint density at radius 2 is 2.11 bits per heavy atom. The number of hydrogen-bond donors (Lipinski definition) is 0. The van der Waals surface area contributed by atoms with Crippen LogP contribution in [0.5, 0.6) is 0 Å². The van der Waals surface area contributed by atoms with E-state index in [-0.39, 0.29) is 5.78 Å². The Balaban J connectivity index is 2.14. The number of rotatable bonds is 2. The van der Waals surface area contributed by atoms with Crippen LogP contribution in [0.1, 0.15) is 21.5 Å². The first-order valence-electron chi connectivity index (χ1n) is 5.75. The molecule has 0 unspecified atom stereocenters. The first-order valence-corrected chi connectivity index (χ1v) is 6.69. The van der Waals surface area contributed by atoms with Crippen LogP contribution in [0.3, 0.4) is 0 Å². The lowest BCUT2D eigenvalue weighted by Crippen LogP contribution is -2.08.